The molecule has 7 nitrogen and oxygen atoms in total. The molecule has 2 aromatic heterocycles. The van der Waals surface area contributed by atoms with Gasteiger partial charge in [-0.25, -0.2) is 13.8 Å². The molecule has 0 saturated carbocycles. The van der Waals surface area contributed by atoms with Gasteiger partial charge in [-0.05, 0) is 30.3 Å². The number of rotatable bonds is 9. The summed E-state index contributed by atoms with van der Waals surface area (Å²) in [6.45, 7) is 10.6. The second-order valence-corrected chi connectivity index (χ2v) is 9.37. The number of halogens is 3. The Morgan fingerprint density at radius 3 is 2.66 bits per heavy atom. The minimum absolute atomic E-state index is 0.236. The molecule has 1 aliphatic heterocycles. The van der Waals surface area contributed by atoms with E-state index in [2.05, 4.69) is 43.9 Å². The molecular formula is C24H28ClF2N7S. The summed E-state index contributed by atoms with van der Waals surface area (Å²) in [5, 5.41) is 10.3. The van der Waals surface area contributed by atoms with Crippen LogP contribution < -0.4 is 21.3 Å². The van der Waals surface area contributed by atoms with Crippen LogP contribution in [-0.2, 0) is 6.42 Å². The summed E-state index contributed by atoms with van der Waals surface area (Å²) in [4.78, 5) is 13.3. The van der Waals surface area contributed by atoms with Crippen LogP contribution in [0.4, 0.5) is 37.6 Å². The number of aromatic nitrogens is 2. The van der Waals surface area contributed by atoms with E-state index in [9.17, 15) is 8.78 Å². The van der Waals surface area contributed by atoms with Gasteiger partial charge in [0.25, 0.3) is 0 Å². The van der Waals surface area contributed by atoms with E-state index in [0.717, 1.165) is 49.7 Å². The van der Waals surface area contributed by atoms with E-state index in [-0.39, 0.29) is 12.4 Å². The topological polar surface area (TPSA) is 82.3 Å². The number of benzene rings is 1. The van der Waals surface area contributed by atoms with Crippen LogP contribution >= 0.6 is 22.9 Å². The van der Waals surface area contributed by atoms with Crippen molar-refractivity contribution in [3.63, 3.8) is 0 Å². The number of hydrogen-bond acceptors (Lipinski definition) is 8. The van der Waals surface area contributed by atoms with Crippen LogP contribution in [0.25, 0.3) is 5.70 Å². The Morgan fingerprint density at radius 2 is 1.97 bits per heavy atom. The Bertz CT molecular complexity index is 1180. The molecule has 0 spiro atoms. The minimum atomic E-state index is -2.48. The number of hydrogen-bond donors (Lipinski definition) is 3. The molecule has 35 heavy (non-hydrogen) atoms. The van der Waals surface area contributed by atoms with Crippen LogP contribution in [0.15, 0.2) is 41.7 Å². The summed E-state index contributed by atoms with van der Waals surface area (Å²) in [6.07, 6.45) is -1.40. The average Bonchev–Trinajstić information content (AvgIpc) is 3.30. The lowest BCUT2D eigenvalue weighted by atomic mass is 10.1. The highest BCUT2D eigenvalue weighted by Crippen LogP contribution is 2.32. The molecule has 1 fully saturated rings. The van der Waals surface area contributed by atoms with Crippen molar-refractivity contribution >= 4 is 57.5 Å². The van der Waals surface area contributed by atoms with Crippen molar-refractivity contribution in [1.82, 2.24) is 14.9 Å². The fraction of sp³-hybridized carbons (Fsp3) is 0.333. The van der Waals surface area contributed by atoms with E-state index < -0.39 is 6.43 Å². The number of alkyl halides is 2. The first-order valence-corrected chi connectivity index (χ1v) is 12.6. The molecule has 1 aromatic carbocycles. The van der Waals surface area contributed by atoms with Crippen molar-refractivity contribution in [2.24, 2.45) is 5.73 Å². The lowest BCUT2D eigenvalue weighted by molar-refractivity contribution is 0.149. The predicted molar refractivity (Wildman–Crippen MR) is 142 cm³/mol. The van der Waals surface area contributed by atoms with E-state index in [4.69, 9.17) is 17.3 Å². The van der Waals surface area contributed by atoms with E-state index in [1.165, 1.54) is 17.5 Å². The second-order valence-electron chi connectivity index (χ2n) is 8.22. The van der Waals surface area contributed by atoms with Gasteiger partial charge in [0.05, 0.1) is 11.9 Å². The molecule has 1 saturated heterocycles. The zero-order valence-electron chi connectivity index (χ0n) is 19.4. The smallest absolute Gasteiger partial charge is 0.242 e. The SMILES string of the molecule is C=C(N)c1cscc1Nc1nc(Nc2ccc(N3CCN(CC)CC3)cc2CC(F)F)ncc1Cl. The number of piperazine rings is 1. The number of likely N-dealkylation sites (N-methyl/N-ethyl adjacent to an activating group) is 1. The van der Waals surface area contributed by atoms with Gasteiger partial charge in [0.15, 0.2) is 5.82 Å². The third-order valence-electron chi connectivity index (χ3n) is 5.90. The van der Waals surface area contributed by atoms with Gasteiger partial charge in [0.2, 0.25) is 12.4 Å². The molecular weight excluding hydrogens is 492 g/mol. The standard InChI is InChI=1S/C24H28ClF2N7S/c1-3-33-6-8-34(9-7-33)17-4-5-20(16(10-17)11-22(26)27)31-24-29-12-19(25)23(32-24)30-21-14-35-13-18(21)15(2)28/h4-5,10,12-14,22H,2-3,6-9,11,28H2,1H3,(H2,29,30,31,32). The number of thiophene rings is 1. The summed E-state index contributed by atoms with van der Waals surface area (Å²) < 4.78 is 26.8. The highest BCUT2D eigenvalue weighted by atomic mass is 35.5. The molecule has 0 radical (unpaired) electrons. The molecule has 11 heteroatoms. The van der Waals surface area contributed by atoms with Gasteiger partial charge in [0, 0.05) is 66.0 Å². The number of nitrogens with one attached hydrogen (secondary N) is 2. The lowest BCUT2D eigenvalue weighted by Crippen LogP contribution is -2.46. The molecule has 3 aromatic rings. The van der Waals surface area contributed by atoms with Crippen LogP contribution in [-0.4, -0.2) is 54.0 Å². The zero-order chi connectivity index (χ0) is 24.9. The van der Waals surface area contributed by atoms with Gasteiger partial charge in [-0.2, -0.15) is 4.98 Å². The summed E-state index contributed by atoms with van der Waals surface area (Å²) in [7, 11) is 0. The average molecular weight is 520 g/mol. The molecule has 0 amide bonds. The van der Waals surface area contributed by atoms with E-state index >= 15 is 0 Å². The monoisotopic (exact) mass is 519 g/mol. The molecule has 186 valence electrons. The van der Waals surface area contributed by atoms with E-state index in [1.807, 2.05) is 22.9 Å². The Kier molecular flexibility index (Phi) is 8.04. The van der Waals surface area contributed by atoms with Gasteiger partial charge in [-0.1, -0.05) is 25.1 Å². The van der Waals surface area contributed by atoms with Crippen molar-refractivity contribution in [2.75, 3.05) is 48.3 Å². The van der Waals surface area contributed by atoms with Gasteiger partial charge in [-0.15, -0.1) is 11.3 Å². The highest BCUT2D eigenvalue weighted by molar-refractivity contribution is 7.08. The fourth-order valence-electron chi connectivity index (χ4n) is 3.96. The normalized spacial score (nSPS) is 14.4. The first kappa shape index (κ1) is 25.2. The van der Waals surface area contributed by atoms with Crippen LogP contribution in [0.3, 0.4) is 0 Å². The first-order valence-electron chi connectivity index (χ1n) is 11.3. The van der Waals surface area contributed by atoms with Crippen LogP contribution in [0, 0.1) is 0 Å². The molecule has 0 bridgehead atoms. The van der Waals surface area contributed by atoms with Gasteiger partial charge >= 0.3 is 0 Å². The number of anilines is 5. The number of nitrogens with two attached hydrogens (primary N) is 1. The summed E-state index contributed by atoms with van der Waals surface area (Å²) in [5.41, 5.74) is 9.72. The van der Waals surface area contributed by atoms with Crippen molar-refractivity contribution in [3.8, 4) is 0 Å². The Hall–Kier alpha value is -2.95. The molecule has 0 aliphatic carbocycles. The predicted octanol–water partition coefficient (Wildman–Crippen LogP) is 5.56. The van der Waals surface area contributed by atoms with Crippen LogP contribution in [0.5, 0.6) is 0 Å². The van der Waals surface area contributed by atoms with Crippen molar-refractivity contribution in [3.05, 3.63) is 57.9 Å². The fourth-order valence-corrected chi connectivity index (χ4v) is 4.90. The summed E-state index contributed by atoms with van der Waals surface area (Å²) in [6, 6.07) is 5.58. The van der Waals surface area contributed by atoms with Gasteiger partial charge in [0.1, 0.15) is 5.02 Å². The minimum Gasteiger partial charge on any atom is -0.399 e. The lowest BCUT2D eigenvalue weighted by Gasteiger charge is -2.35. The second kappa shape index (κ2) is 11.2. The number of nitrogens with zero attached hydrogens (tertiary/aromatic N) is 4. The molecule has 3 heterocycles. The van der Waals surface area contributed by atoms with Crippen molar-refractivity contribution in [2.45, 2.75) is 19.8 Å². The maximum atomic E-state index is 13.4. The highest BCUT2D eigenvalue weighted by Gasteiger charge is 2.19. The Morgan fingerprint density at radius 1 is 1.20 bits per heavy atom. The maximum absolute atomic E-state index is 13.4. The van der Waals surface area contributed by atoms with Crippen molar-refractivity contribution in [1.29, 1.82) is 0 Å². The van der Waals surface area contributed by atoms with Crippen molar-refractivity contribution < 1.29 is 8.78 Å². The van der Waals surface area contributed by atoms with Crippen LogP contribution in [0.2, 0.25) is 5.02 Å². The zero-order valence-corrected chi connectivity index (χ0v) is 21.0. The van der Waals surface area contributed by atoms with E-state index in [0.29, 0.717) is 27.8 Å². The third kappa shape index (κ3) is 6.19. The largest absolute Gasteiger partial charge is 0.399 e. The quantitative estimate of drug-likeness (QED) is 0.341. The molecule has 4 N–H and O–H groups in total. The molecule has 0 unspecified atom stereocenters. The summed E-state index contributed by atoms with van der Waals surface area (Å²) in [5.74, 6) is 0.603. The Balaban J connectivity index is 1.56. The van der Waals surface area contributed by atoms with Gasteiger partial charge in [-0.3, -0.25) is 0 Å². The first-order chi connectivity index (χ1) is 16.8. The maximum Gasteiger partial charge on any atom is 0.242 e. The molecule has 0 atom stereocenters. The van der Waals surface area contributed by atoms with E-state index in [1.54, 1.807) is 6.07 Å². The van der Waals surface area contributed by atoms with Gasteiger partial charge < -0.3 is 26.2 Å². The van der Waals surface area contributed by atoms with Crippen LogP contribution in [0.1, 0.15) is 18.1 Å². The third-order valence-corrected chi connectivity index (χ3v) is 6.92. The Labute approximate surface area is 212 Å². The molecule has 4 rings (SSSR count). The summed E-state index contributed by atoms with van der Waals surface area (Å²) >= 11 is 7.77. The molecule has 1 aliphatic rings.